The van der Waals surface area contributed by atoms with Gasteiger partial charge in [0.05, 0.1) is 31.1 Å². The molecule has 0 radical (unpaired) electrons. The molecule has 0 aliphatic carbocycles. The molecule has 1 aliphatic rings. The second-order valence-electron chi connectivity index (χ2n) is 8.15. The summed E-state index contributed by atoms with van der Waals surface area (Å²) in [4.78, 5) is 32.9. The zero-order valence-electron chi connectivity index (χ0n) is 19.6. The van der Waals surface area contributed by atoms with Crippen molar-refractivity contribution in [3.63, 3.8) is 0 Å². The van der Waals surface area contributed by atoms with Gasteiger partial charge in [-0.15, -0.1) is 0 Å². The van der Waals surface area contributed by atoms with Crippen LogP contribution in [0.15, 0.2) is 42.5 Å². The summed E-state index contributed by atoms with van der Waals surface area (Å²) in [5.74, 6) is -0.522. The molecular weight excluding hydrogens is 439 g/mol. The third-order valence-electron chi connectivity index (χ3n) is 6.16. The lowest BCUT2D eigenvalue weighted by atomic mass is 10.1. The molecule has 1 aromatic heterocycles. The van der Waals surface area contributed by atoms with E-state index < -0.39 is 17.8 Å². The van der Waals surface area contributed by atoms with E-state index in [9.17, 15) is 14.0 Å². The highest BCUT2D eigenvalue weighted by atomic mass is 19.1. The Morgan fingerprint density at radius 3 is 2.59 bits per heavy atom. The minimum atomic E-state index is -0.604. The minimum Gasteiger partial charge on any atom is -0.495 e. The van der Waals surface area contributed by atoms with Crippen molar-refractivity contribution in [1.29, 1.82) is 0 Å². The van der Waals surface area contributed by atoms with Crippen molar-refractivity contribution in [2.75, 3.05) is 50.1 Å². The number of esters is 1. The molecule has 180 valence electrons. The first-order valence-corrected chi connectivity index (χ1v) is 11.3. The smallest absolute Gasteiger partial charge is 0.356 e. The number of hydrogen-bond donors (Lipinski definition) is 2. The average Bonchev–Trinajstić information content (AvgIpc) is 3.21. The number of rotatable bonds is 7. The van der Waals surface area contributed by atoms with E-state index in [1.165, 1.54) is 18.2 Å². The number of piperazine rings is 1. The topological polar surface area (TPSA) is 86.9 Å². The molecule has 1 unspecified atom stereocenters. The summed E-state index contributed by atoms with van der Waals surface area (Å²) < 4.78 is 24.5. The first-order chi connectivity index (χ1) is 16.4. The van der Waals surface area contributed by atoms with Gasteiger partial charge in [-0.2, -0.15) is 0 Å². The standard InChI is InChI=1S/C25H29FN4O4/c1-4-34-25(32)23-22(18-15-17(26)9-10-19(18)27-23)28-24(31)16(2)29-11-13-30(14-12-29)20-7-5-6-8-21(20)33-3/h5-10,15-16,27H,4,11-14H2,1-3H3,(H,28,31). The van der Waals surface area contributed by atoms with Crippen LogP contribution in [0, 0.1) is 5.82 Å². The van der Waals surface area contributed by atoms with Crippen LogP contribution in [0.25, 0.3) is 10.9 Å². The van der Waals surface area contributed by atoms with Crippen molar-refractivity contribution in [2.45, 2.75) is 19.9 Å². The van der Waals surface area contributed by atoms with Crippen LogP contribution in [0.3, 0.4) is 0 Å². The van der Waals surface area contributed by atoms with E-state index in [-0.39, 0.29) is 23.9 Å². The summed E-state index contributed by atoms with van der Waals surface area (Å²) in [6.45, 7) is 6.55. The number of nitrogens with zero attached hydrogens (tertiary/aromatic N) is 2. The van der Waals surface area contributed by atoms with Gasteiger partial charge in [-0.05, 0) is 44.2 Å². The molecule has 1 amide bonds. The number of aromatic amines is 1. The highest BCUT2D eigenvalue weighted by Gasteiger charge is 2.29. The molecule has 1 atom stereocenters. The first-order valence-electron chi connectivity index (χ1n) is 11.3. The number of fused-ring (bicyclic) bond motifs is 1. The molecule has 34 heavy (non-hydrogen) atoms. The number of nitrogens with one attached hydrogen (secondary N) is 2. The van der Waals surface area contributed by atoms with E-state index >= 15 is 0 Å². The van der Waals surface area contributed by atoms with Crippen molar-refractivity contribution in [1.82, 2.24) is 9.88 Å². The maximum atomic E-state index is 13.9. The maximum absolute atomic E-state index is 13.9. The van der Waals surface area contributed by atoms with Crippen LogP contribution in [0.1, 0.15) is 24.3 Å². The third kappa shape index (κ3) is 4.70. The van der Waals surface area contributed by atoms with Gasteiger partial charge in [0.1, 0.15) is 17.3 Å². The summed E-state index contributed by atoms with van der Waals surface area (Å²) in [7, 11) is 1.66. The van der Waals surface area contributed by atoms with Crippen LogP contribution >= 0.6 is 0 Å². The number of hydrogen-bond acceptors (Lipinski definition) is 6. The molecule has 4 rings (SSSR count). The van der Waals surface area contributed by atoms with Crippen LogP contribution < -0.4 is 15.0 Å². The van der Waals surface area contributed by atoms with Gasteiger partial charge in [0.25, 0.3) is 0 Å². The second kappa shape index (κ2) is 10.1. The first kappa shape index (κ1) is 23.6. The average molecular weight is 469 g/mol. The molecule has 2 heterocycles. The van der Waals surface area contributed by atoms with Gasteiger partial charge >= 0.3 is 5.97 Å². The molecule has 1 aliphatic heterocycles. The number of methoxy groups -OCH3 is 1. The SMILES string of the molecule is CCOC(=O)c1[nH]c2ccc(F)cc2c1NC(=O)C(C)N1CCN(c2ccccc2OC)CC1. The van der Waals surface area contributed by atoms with Gasteiger partial charge in [0, 0.05) is 37.1 Å². The Balaban J connectivity index is 1.48. The van der Waals surface area contributed by atoms with E-state index in [0.29, 0.717) is 24.0 Å². The molecule has 2 N–H and O–H groups in total. The van der Waals surface area contributed by atoms with Gasteiger partial charge < -0.3 is 24.7 Å². The van der Waals surface area contributed by atoms with Crippen molar-refractivity contribution in [2.24, 2.45) is 0 Å². The minimum absolute atomic E-state index is 0.101. The Kier molecular flexibility index (Phi) is 7.02. The van der Waals surface area contributed by atoms with Gasteiger partial charge in [-0.3, -0.25) is 9.69 Å². The molecule has 1 fully saturated rings. The largest absolute Gasteiger partial charge is 0.495 e. The van der Waals surface area contributed by atoms with Crippen molar-refractivity contribution in [3.8, 4) is 5.75 Å². The van der Waals surface area contributed by atoms with Gasteiger partial charge in [-0.25, -0.2) is 9.18 Å². The van der Waals surface area contributed by atoms with Crippen molar-refractivity contribution >= 4 is 34.2 Å². The van der Waals surface area contributed by atoms with E-state index in [0.717, 1.165) is 24.5 Å². The molecule has 0 saturated carbocycles. The summed E-state index contributed by atoms with van der Waals surface area (Å²) in [6.07, 6.45) is 0. The lowest BCUT2D eigenvalue weighted by Crippen LogP contribution is -2.53. The van der Waals surface area contributed by atoms with Gasteiger partial charge in [-0.1, -0.05) is 12.1 Å². The van der Waals surface area contributed by atoms with E-state index in [1.54, 1.807) is 14.0 Å². The van der Waals surface area contributed by atoms with Crippen molar-refractivity contribution < 1.29 is 23.5 Å². The fourth-order valence-corrected chi connectivity index (χ4v) is 4.28. The van der Waals surface area contributed by atoms with Gasteiger partial charge in [0.2, 0.25) is 5.91 Å². The number of para-hydroxylation sites is 2. The predicted octanol–water partition coefficient (Wildman–Crippen LogP) is 3.64. The summed E-state index contributed by atoms with van der Waals surface area (Å²) in [6, 6.07) is 11.5. The Hall–Kier alpha value is -3.59. The molecule has 3 aromatic rings. The normalized spacial score (nSPS) is 15.2. The van der Waals surface area contributed by atoms with E-state index in [4.69, 9.17) is 9.47 Å². The summed E-state index contributed by atoms with van der Waals surface area (Å²) in [5, 5.41) is 3.27. The monoisotopic (exact) mass is 468 g/mol. The molecule has 2 aromatic carbocycles. The molecule has 0 spiro atoms. The van der Waals surface area contributed by atoms with E-state index in [2.05, 4.69) is 20.1 Å². The van der Waals surface area contributed by atoms with Crippen LogP contribution in [-0.2, 0) is 9.53 Å². The number of carbonyl (C=O) groups excluding carboxylic acids is 2. The lowest BCUT2D eigenvalue weighted by Gasteiger charge is -2.38. The Bertz CT molecular complexity index is 1190. The lowest BCUT2D eigenvalue weighted by molar-refractivity contribution is -0.120. The highest BCUT2D eigenvalue weighted by molar-refractivity contribution is 6.11. The van der Waals surface area contributed by atoms with E-state index in [1.807, 2.05) is 31.2 Å². The number of benzene rings is 2. The molecule has 1 saturated heterocycles. The van der Waals surface area contributed by atoms with Crippen LogP contribution in [0.5, 0.6) is 5.75 Å². The number of H-pyrrole nitrogens is 1. The fourth-order valence-electron chi connectivity index (χ4n) is 4.28. The number of halogens is 1. The van der Waals surface area contributed by atoms with Crippen LogP contribution in [0.2, 0.25) is 0 Å². The Labute approximate surface area is 197 Å². The zero-order valence-corrected chi connectivity index (χ0v) is 19.6. The maximum Gasteiger partial charge on any atom is 0.356 e. The number of anilines is 2. The molecular formula is C25H29FN4O4. The summed E-state index contributed by atoms with van der Waals surface area (Å²) in [5.41, 5.74) is 1.90. The van der Waals surface area contributed by atoms with Crippen LogP contribution in [0.4, 0.5) is 15.8 Å². The number of aromatic nitrogens is 1. The fraction of sp³-hybridized carbons (Fsp3) is 0.360. The number of amides is 1. The quantitative estimate of drug-likeness (QED) is 0.515. The Morgan fingerprint density at radius 1 is 1.15 bits per heavy atom. The molecule has 0 bridgehead atoms. The zero-order chi connectivity index (χ0) is 24.2. The Morgan fingerprint density at radius 2 is 1.88 bits per heavy atom. The number of ether oxygens (including phenoxy) is 2. The third-order valence-corrected chi connectivity index (χ3v) is 6.16. The summed E-state index contributed by atoms with van der Waals surface area (Å²) >= 11 is 0. The molecule has 9 heteroatoms. The van der Waals surface area contributed by atoms with Crippen LogP contribution in [-0.4, -0.2) is 67.7 Å². The second-order valence-corrected chi connectivity index (χ2v) is 8.15. The number of carbonyl (C=O) groups is 2. The highest BCUT2D eigenvalue weighted by Crippen LogP contribution is 2.31. The van der Waals surface area contributed by atoms with Crippen molar-refractivity contribution in [3.05, 3.63) is 54.0 Å². The predicted molar refractivity (Wildman–Crippen MR) is 129 cm³/mol. The van der Waals surface area contributed by atoms with Gasteiger partial charge in [0.15, 0.2) is 0 Å². The molecule has 8 nitrogen and oxygen atoms in total.